The third kappa shape index (κ3) is 3.32. The molecule has 0 atom stereocenters. The Bertz CT molecular complexity index is 591. The number of hydrogen-bond donors (Lipinski definition) is 1. The fourth-order valence-corrected chi connectivity index (χ4v) is 3.64. The van der Waals surface area contributed by atoms with Gasteiger partial charge in [-0.15, -0.1) is 0 Å². The molecule has 2 rings (SSSR count). The molecular weight excluding hydrogens is 271 g/mol. The molecule has 0 radical (unpaired) electrons. The van der Waals surface area contributed by atoms with E-state index in [1.165, 1.54) is 12.1 Å². The maximum atomic E-state index is 13.8. The van der Waals surface area contributed by atoms with Gasteiger partial charge in [-0.2, -0.15) is 0 Å². The Morgan fingerprint density at radius 1 is 1.37 bits per heavy atom. The van der Waals surface area contributed by atoms with Gasteiger partial charge < -0.3 is 5.11 Å². The normalized spacial score (nSPS) is 15.4. The zero-order chi connectivity index (χ0) is 14.0. The average Bonchev–Trinajstić information content (AvgIpc) is 3.12. The van der Waals surface area contributed by atoms with Crippen LogP contribution in [-0.4, -0.2) is 24.7 Å². The summed E-state index contributed by atoms with van der Waals surface area (Å²) in [5.74, 6) is -1.63. The third-order valence-electron chi connectivity index (χ3n) is 3.12. The van der Waals surface area contributed by atoms with Crippen LogP contribution in [0, 0.1) is 5.82 Å². The lowest BCUT2D eigenvalue weighted by Gasteiger charge is -2.06. The lowest BCUT2D eigenvalue weighted by atomic mass is 10.1. The average molecular weight is 286 g/mol. The molecule has 0 saturated heterocycles. The number of carboxylic acids is 1. The van der Waals surface area contributed by atoms with Crippen LogP contribution in [0.15, 0.2) is 23.1 Å². The first-order chi connectivity index (χ1) is 8.91. The van der Waals surface area contributed by atoms with Gasteiger partial charge in [-0.1, -0.05) is 6.07 Å². The van der Waals surface area contributed by atoms with Crippen LogP contribution in [0.25, 0.3) is 0 Å². The van der Waals surface area contributed by atoms with E-state index in [0.29, 0.717) is 31.2 Å². The molecular formula is C13H15FO4S. The third-order valence-corrected chi connectivity index (χ3v) is 5.42. The Balaban J connectivity index is 2.11. The van der Waals surface area contributed by atoms with Crippen LogP contribution in [0.4, 0.5) is 4.39 Å². The number of sulfone groups is 1. The maximum Gasteiger partial charge on any atom is 0.303 e. The molecule has 1 N–H and O–H groups in total. The van der Waals surface area contributed by atoms with Gasteiger partial charge in [0.15, 0.2) is 9.84 Å². The van der Waals surface area contributed by atoms with Gasteiger partial charge in [0, 0.05) is 6.42 Å². The number of hydrogen-bond acceptors (Lipinski definition) is 3. The highest BCUT2D eigenvalue weighted by molar-refractivity contribution is 7.92. The summed E-state index contributed by atoms with van der Waals surface area (Å²) in [5, 5.41) is 8.08. The number of carboxylic acid groups (broad SMARTS) is 1. The maximum absolute atomic E-state index is 13.8. The molecule has 104 valence electrons. The smallest absolute Gasteiger partial charge is 0.303 e. The SMILES string of the molecule is O=C(O)CCCc1ccc(S(=O)(=O)C2CC2)c(F)c1. The van der Waals surface area contributed by atoms with Gasteiger partial charge in [0.25, 0.3) is 0 Å². The second-order valence-corrected chi connectivity index (χ2v) is 6.95. The summed E-state index contributed by atoms with van der Waals surface area (Å²) < 4.78 is 37.6. The van der Waals surface area contributed by atoms with Gasteiger partial charge in [-0.25, -0.2) is 12.8 Å². The summed E-state index contributed by atoms with van der Waals surface area (Å²) in [6.07, 6.45) is 2.05. The van der Waals surface area contributed by atoms with Crippen LogP contribution >= 0.6 is 0 Å². The summed E-state index contributed by atoms with van der Waals surface area (Å²) in [6.45, 7) is 0. The second kappa shape index (κ2) is 5.28. The Labute approximate surface area is 111 Å². The van der Waals surface area contributed by atoms with Crippen molar-refractivity contribution in [3.05, 3.63) is 29.6 Å². The number of aryl methyl sites for hydroxylation is 1. The van der Waals surface area contributed by atoms with Crippen LogP contribution in [0.5, 0.6) is 0 Å². The topological polar surface area (TPSA) is 71.4 Å². The molecule has 1 aromatic rings. The summed E-state index contributed by atoms with van der Waals surface area (Å²) in [6, 6.07) is 4.04. The van der Waals surface area contributed by atoms with Crippen LogP contribution in [-0.2, 0) is 21.1 Å². The van der Waals surface area contributed by atoms with Crippen LogP contribution in [0.2, 0.25) is 0 Å². The van der Waals surface area contributed by atoms with Gasteiger partial charge in [0.2, 0.25) is 0 Å². The quantitative estimate of drug-likeness (QED) is 0.870. The highest BCUT2D eigenvalue weighted by Gasteiger charge is 2.38. The zero-order valence-corrected chi connectivity index (χ0v) is 11.1. The van der Waals surface area contributed by atoms with E-state index in [2.05, 4.69) is 0 Å². The Kier molecular flexibility index (Phi) is 3.89. The highest BCUT2D eigenvalue weighted by Crippen LogP contribution is 2.34. The van der Waals surface area contributed by atoms with Crippen molar-refractivity contribution >= 4 is 15.8 Å². The number of carbonyl (C=O) groups is 1. The molecule has 1 saturated carbocycles. The standard InChI is InChI=1S/C13H15FO4S/c14-11-8-9(2-1-3-13(15)16)4-7-12(11)19(17,18)10-5-6-10/h4,7-8,10H,1-3,5-6H2,(H,15,16). The molecule has 6 heteroatoms. The Morgan fingerprint density at radius 2 is 2.05 bits per heavy atom. The molecule has 0 spiro atoms. The number of rotatable bonds is 6. The molecule has 4 nitrogen and oxygen atoms in total. The van der Waals surface area contributed by atoms with Crippen molar-refractivity contribution < 1.29 is 22.7 Å². The van der Waals surface area contributed by atoms with E-state index in [9.17, 15) is 17.6 Å². The number of benzene rings is 1. The lowest BCUT2D eigenvalue weighted by Crippen LogP contribution is -2.09. The molecule has 19 heavy (non-hydrogen) atoms. The van der Waals surface area contributed by atoms with E-state index in [1.54, 1.807) is 6.07 Å². The predicted octanol–water partition coefficient (Wildman–Crippen LogP) is 2.17. The molecule has 0 heterocycles. The predicted molar refractivity (Wildman–Crippen MR) is 67.2 cm³/mol. The first-order valence-electron chi connectivity index (χ1n) is 6.15. The van der Waals surface area contributed by atoms with Crippen LogP contribution in [0.1, 0.15) is 31.2 Å². The molecule has 1 aliphatic carbocycles. The first kappa shape index (κ1) is 14.0. The summed E-state index contributed by atoms with van der Waals surface area (Å²) >= 11 is 0. The fraction of sp³-hybridized carbons (Fsp3) is 0.462. The zero-order valence-electron chi connectivity index (χ0n) is 10.3. The molecule has 0 bridgehead atoms. The van der Waals surface area contributed by atoms with E-state index in [-0.39, 0.29) is 11.3 Å². The van der Waals surface area contributed by atoms with Crippen molar-refractivity contribution in [1.29, 1.82) is 0 Å². The lowest BCUT2D eigenvalue weighted by molar-refractivity contribution is -0.137. The molecule has 1 aromatic carbocycles. The van der Waals surface area contributed by atoms with Gasteiger partial charge in [-0.05, 0) is 43.4 Å². The summed E-state index contributed by atoms with van der Waals surface area (Å²) in [7, 11) is -3.52. The van der Waals surface area contributed by atoms with Crippen molar-refractivity contribution in [1.82, 2.24) is 0 Å². The molecule has 0 aliphatic heterocycles. The Hall–Kier alpha value is -1.43. The van der Waals surface area contributed by atoms with E-state index in [0.717, 1.165) is 0 Å². The van der Waals surface area contributed by atoms with Crippen molar-refractivity contribution in [3.63, 3.8) is 0 Å². The van der Waals surface area contributed by atoms with Gasteiger partial charge in [0.05, 0.1) is 5.25 Å². The van der Waals surface area contributed by atoms with Gasteiger partial charge >= 0.3 is 5.97 Å². The van der Waals surface area contributed by atoms with E-state index in [1.807, 2.05) is 0 Å². The van der Waals surface area contributed by atoms with E-state index >= 15 is 0 Å². The molecule has 0 aromatic heterocycles. The number of aliphatic carboxylic acids is 1. The minimum absolute atomic E-state index is 0.0176. The monoisotopic (exact) mass is 286 g/mol. The minimum Gasteiger partial charge on any atom is -0.481 e. The van der Waals surface area contributed by atoms with Gasteiger partial charge in [0.1, 0.15) is 10.7 Å². The molecule has 1 aliphatic rings. The fourth-order valence-electron chi connectivity index (χ4n) is 1.93. The van der Waals surface area contributed by atoms with E-state index < -0.39 is 26.9 Å². The summed E-state index contributed by atoms with van der Waals surface area (Å²) in [5.41, 5.74) is 0.619. The number of halogens is 1. The van der Waals surface area contributed by atoms with Crippen LogP contribution in [0.3, 0.4) is 0 Å². The molecule has 0 unspecified atom stereocenters. The Morgan fingerprint density at radius 3 is 2.58 bits per heavy atom. The summed E-state index contributed by atoms with van der Waals surface area (Å²) in [4.78, 5) is 10.1. The van der Waals surface area contributed by atoms with Crippen molar-refractivity contribution in [2.24, 2.45) is 0 Å². The first-order valence-corrected chi connectivity index (χ1v) is 7.70. The largest absolute Gasteiger partial charge is 0.481 e. The van der Waals surface area contributed by atoms with Gasteiger partial charge in [-0.3, -0.25) is 4.79 Å². The van der Waals surface area contributed by atoms with Crippen molar-refractivity contribution in [2.75, 3.05) is 0 Å². The molecule has 0 amide bonds. The van der Waals surface area contributed by atoms with Crippen molar-refractivity contribution in [3.8, 4) is 0 Å². The highest BCUT2D eigenvalue weighted by atomic mass is 32.2. The van der Waals surface area contributed by atoms with Crippen molar-refractivity contribution in [2.45, 2.75) is 42.2 Å². The second-order valence-electron chi connectivity index (χ2n) is 4.76. The van der Waals surface area contributed by atoms with Crippen LogP contribution < -0.4 is 0 Å². The van der Waals surface area contributed by atoms with E-state index in [4.69, 9.17) is 5.11 Å². The molecule has 1 fully saturated rings. The minimum atomic E-state index is -3.52.